The van der Waals surface area contributed by atoms with E-state index in [1.54, 1.807) is 0 Å². The van der Waals surface area contributed by atoms with Gasteiger partial charge in [-0.2, -0.15) is 0 Å². The molecular formula is C11H16O. The second-order valence-corrected chi connectivity index (χ2v) is 3.96. The summed E-state index contributed by atoms with van der Waals surface area (Å²) in [5.41, 5.74) is -0.415. The summed E-state index contributed by atoms with van der Waals surface area (Å²) in [5.74, 6) is 0.290. The second kappa shape index (κ2) is 3.06. The second-order valence-electron chi connectivity index (χ2n) is 3.96. The highest BCUT2D eigenvalue weighted by Gasteiger charge is 2.35. The monoisotopic (exact) mass is 164 g/mol. The Kier molecular flexibility index (Phi) is 2.05. The van der Waals surface area contributed by atoms with E-state index >= 15 is 0 Å². The number of hydrogen-bond donors (Lipinski definition) is 1. The van der Waals surface area contributed by atoms with Crippen molar-refractivity contribution in [1.82, 2.24) is 0 Å². The lowest BCUT2D eigenvalue weighted by Crippen LogP contribution is -2.37. The van der Waals surface area contributed by atoms with Crippen molar-refractivity contribution >= 4 is 0 Å². The van der Waals surface area contributed by atoms with Crippen molar-refractivity contribution < 1.29 is 5.11 Å². The lowest BCUT2D eigenvalue weighted by atomic mass is 9.76. The Bertz CT molecular complexity index is 197. The summed E-state index contributed by atoms with van der Waals surface area (Å²) < 4.78 is 0. The first-order valence-electron chi connectivity index (χ1n) is 4.89. The normalized spacial score (nSPS) is 28.1. The molecule has 2 aliphatic carbocycles. The van der Waals surface area contributed by atoms with Gasteiger partial charge in [0.1, 0.15) is 0 Å². The molecular weight excluding hydrogens is 148 g/mol. The van der Waals surface area contributed by atoms with Crippen LogP contribution in [0, 0.1) is 5.92 Å². The maximum atomic E-state index is 10.3. The maximum absolute atomic E-state index is 10.3. The van der Waals surface area contributed by atoms with Crippen molar-refractivity contribution in [2.75, 3.05) is 0 Å². The summed E-state index contributed by atoms with van der Waals surface area (Å²) in [6.45, 7) is 0. The van der Waals surface area contributed by atoms with Crippen molar-refractivity contribution in [1.29, 1.82) is 0 Å². The molecule has 0 bridgehead atoms. The zero-order valence-electron chi connectivity index (χ0n) is 7.37. The molecule has 0 unspecified atom stereocenters. The van der Waals surface area contributed by atoms with E-state index in [-0.39, 0.29) is 5.92 Å². The fourth-order valence-electron chi connectivity index (χ4n) is 2.29. The van der Waals surface area contributed by atoms with Crippen molar-refractivity contribution in [3.05, 3.63) is 24.3 Å². The molecule has 0 radical (unpaired) electrons. The topological polar surface area (TPSA) is 20.2 Å². The molecule has 0 atom stereocenters. The third-order valence-electron chi connectivity index (χ3n) is 3.09. The molecule has 0 heterocycles. The average Bonchev–Trinajstić information content (AvgIpc) is 2.58. The third-order valence-corrected chi connectivity index (χ3v) is 3.09. The van der Waals surface area contributed by atoms with E-state index < -0.39 is 5.60 Å². The van der Waals surface area contributed by atoms with Gasteiger partial charge in [-0.25, -0.2) is 0 Å². The Labute approximate surface area is 73.8 Å². The largest absolute Gasteiger partial charge is 0.389 e. The van der Waals surface area contributed by atoms with Gasteiger partial charge in [0, 0.05) is 5.92 Å². The van der Waals surface area contributed by atoms with E-state index in [2.05, 4.69) is 12.2 Å². The molecule has 0 saturated heterocycles. The lowest BCUT2D eigenvalue weighted by Gasteiger charge is -2.35. The molecule has 1 fully saturated rings. The first kappa shape index (κ1) is 8.06. The molecule has 1 saturated carbocycles. The molecule has 12 heavy (non-hydrogen) atoms. The number of allylic oxidation sites excluding steroid dienone is 2. The lowest BCUT2D eigenvalue weighted by molar-refractivity contribution is -0.0180. The SMILES string of the molecule is OC1(C2C=CC=C2)CCCCC1. The fourth-order valence-corrected chi connectivity index (χ4v) is 2.29. The fraction of sp³-hybridized carbons (Fsp3) is 0.636. The van der Waals surface area contributed by atoms with E-state index in [0.29, 0.717) is 0 Å². The predicted molar refractivity (Wildman–Crippen MR) is 49.8 cm³/mol. The number of hydrogen-bond acceptors (Lipinski definition) is 1. The van der Waals surface area contributed by atoms with Gasteiger partial charge in [0.25, 0.3) is 0 Å². The van der Waals surface area contributed by atoms with E-state index in [0.717, 1.165) is 12.8 Å². The van der Waals surface area contributed by atoms with Gasteiger partial charge >= 0.3 is 0 Å². The van der Waals surface area contributed by atoms with Crippen LogP contribution in [0.25, 0.3) is 0 Å². The molecule has 2 rings (SSSR count). The molecule has 0 aromatic heterocycles. The van der Waals surface area contributed by atoms with Crippen LogP contribution in [0.15, 0.2) is 24.3 Å². The third kappa shape index (κ3) is 1.34. The van der Waals surface area contributed by atoms with Crippen LogP contribution in [0.2, 0.25) is 0 Å². The van der Waals surface area contributed by atoms with Crippen molar-refractivity contribution in [2.45, 2.75) is 37.7 Å². The minimum atomic E-state index is -0.415. The smallest absolute Gasteiger partial charge is 0.0744 e. The van der Waals surface area contributed by atoms with Gasteiger partial charge in [-0.1, -0.05) is 43.6 Å². The molecule has 66 valence electrons. The van der Waals surface area contributed by atoms with Crippen LogP contribution >= 0.6 is 0 Å². The van der Waals surface area contributed by atoms with Crippen molar-refractivity contribution in [2.24, 2.45) is 5.92 Å². The molecule has 0 aromatic rings. The van der Waals surface area contributed by atoms with Gasteiger partial charge < -0.3 is 5.11 Å². The van der Waals surface area contributed by atoms with E-state index in [1.807, 2.05) is 12.2 Å². The predicted octanol–water partition coefficient (Wildman–Crippen LogP) is 2.42. The first-order chi connectivity index (χ1) is 5.81. The van der Waals surface area contributed by atoms with Crippen LogP contribution in [0.5, 0.6) is 0 Å². The van der Waals surface area contributed by atoms with Gasteiger partial charge in [0.05, 0.1) is 5.60 Å². The molecule has 1 heteroatoms. The summed E-state index contributed by atoms with van der Waals surface area (Å²) >= 11 is 0. The summed E-state index contributed by atoms with van der Waals surface area (Å²) in [6, 6.07) is 0. The van der Waals surface area contributed by atoms with Crippen molar-refractivity contribution in [3.63, 3.8) is 0 Å². The van der Waals surface area contributed by atoms with E-state index in [1.165, 1.54) is 19.3 Å². The zero-order chi connectivity index (χ0) is 8.44. The van der Waals surface area contributed by atoms with Gasteiger partial charge in [-0.15, -0.1) is 0 Å². The summed E-state index contributed by atoms with van der Waals surface area (Å²) in [4.78, 5) is 0. The van der Waals surface area contributed by atoms with Gasteiger partial charge in [-0.3, -0.25) is 0 Å². The van der Waals surface area contributed by atoms with Crippen molar-refractivity contribution in [3.8, 4) is 0 Å². The molecule has 0 aromatic carbocycles. The maximum Gasteiger partial charge on any atom is 0.0744 e. The standard InChI is InChI=1S/C11H16O/c12-11(8-4-1-5-9-11)10-6-2-3-7-10/h2-3,6-7,10,12H,1,4-5,8-9H2. The Balaban J connectivity index is 2.08. The highest BCUT2D eigenvalue weighted by molar-refractivity contribution is 5.22. The summed E-state index contributed by atoms with van der Waals surface area (Å²) in [7, 11) is 0. The summed E-state index contributed by atoms with van der Waals surface area (Å²) in [6.07, 6.45) is 13.9. The molecule has 2 aliphatic rings. The molecule has 1 N–H and O–H groups in total. The first-order valence-corrected chi connectivity index (χ1v) is 4.89. The van der Waals surface area contributed by atoms with Crippen LogP contribution in [0.4, 0.5) is 0 Å². The van der Waals surface area contributed by atoms with E-state index in [4.69, 9.17) is 0 Å². The molecule has 1 nitrogen and oxygen atoms in total. The van der Waals surface area contributed by atoms with Crippen LogP contribution in [0.3, 0.4) is 0 Å². The van der Waals surface area contributed by atoms with Gasteiger partial charge in [0.2, 0.25) is 0 Å². The molecule has 0 aliphatic heterocycles. The van der Waals surface area contributed by atoms with Gasteiger partial charge in [-0.05, 0) is 12.8 Å². The summed E-state index contributed by atoms with van der Waals surface area (Å²) in [5, 5.41) is 10.3. The quantitative estimate of drug-likeness (QED) is 0.631. The van der Waals surface area contributed by atoms with E-state index in [9.17, 15) is 5.11 Å². The highest BCUT2D eigenvalue weighted by atomic mass is 16.3. The minimum Gasteiger partial charge on any atom is -0.389 e. The van der Waals surface area contributed by atoms with Crippen LogP contribution in [-0.4, -0.2) is 10.7 Å². The Morgan fingerprint density at radius 3 is 2.17 bits per heavy atom. The van der Waals surface area contributed by atoms with Gasteiger partial charge in [0.15, 0.2) is 0 Å². The van der Waals surface area contributed by atoms with Crippen LogP contribution in [0.1, 0.15) is 32.1 Å². The molecule has 0 amide bonds. The van der Waals surface area contributed by atoms with Crippen LogP contribution in [-0.2, 0) is 0 Å². The zero-order valence-corrected chi connectivity index (χ0v) is 7.37. The Hall–Kier alpha value is -0.560. The van der Waals surface area contributed by atoms with Crippen LogP contribution < -0.4 is 0 Å². The Morgan fingerprint density at radius 1 is 1.00 bits per heavy atom. The average molecular weight is 164 g/mol. The minimum absolute atomic E-state index is 0.290. The number of rotatable bonds is 1. The Morgan fingerprint density at radius 2 is 1.58 bits per heavy atom. The molecule has 0 spiro atoms. The highest BCUT2D eigenvalue weighted by Crippen LogP contribution is 2.37. The number of aliphatic hydroxyl groups is 1.